The quantitative estimate of drug-likeness (QED) is 0.417. The number of carbonyl (C=O) groups excluding carboxylic acids is 1. The number of thiazole rings is 1. The molecule has 1 aromatic heterocycles. The van der Waals surface area contributed by atoms with Crippen molar-refractivity contribution in [3.63, 3.8) is 0 Å². The van der Waals surface area contributed by atoms with Crippen LogP contribution in [0, 0.1) is 10.1 Å². The SMILES string of the molecule is Cn1c(=NC(=O)/C=C/c2ccccc2)sc2ccc([N+](=O)[O-])cc21. The predicted octanol–water partition coefficient (Wildman–Crippen LogP) is 3.29. The second-order valence-corrected chi connectivity index (χ2v) is 6.06. The van der Waals surface area contributed by atoms with Crippen LogP contribution < -0.4 is 4.80 Å². The van der Waals surface area contributed by atoms with Gasteiger partial charge in [0.25, 0.3) is 11.6 Å². The summed E-state index contributed by atoms with van der Waals surface area (Å²) in [5.41, 5.74) is 1.60. The number of non-ortho nitro benzene ring substituents is 1. The molecule has 2 aromatic carbocycles. The van der Waals surface area contributed by atoms with E-state index < -0.39 is 4.92 Å². The van der Waals surface area contributed by atoms with Gasteiger partial charge in [0.15, 0.2) is 4.80 Å². The summed E-state index contributed by atoms with van der Waals surface area (Å²) >= 11 is 1.31. The summed E-state index contributed by atoms with van der Waals surface area (Å²) in [7, 11) is 1.73. The van der Waals surface area contributed by atoms with Gasteiger partial charge in [0, 0.05) is 25.3 Å². The number of aryl methyl sites for hydroxylation is 1. The lowest BCUT2D eigenvalue weighted by atomic mass is 10.2. The summed E-state index contributed by atoms with van der Waals surface area (Å²) in [5.74, 6) is -0.379. The predicted molar refractivity (Wildman–Crippen MR) is 93.5 cm³/mol. The first-order chi connectivity index (χ1) is 11.5. The average Bonchev–Trinajstić information content (AvgIpc) is 2.89. The molecule has 0 spiro atoms. The first kappa shape index (κ1) is 15.8. The summed E-state index contributed by atoms with van der Waals surface area (Å²) < 4.78 is 2.52. The van der Waals surface area contributed by atoms with E-state index in [-0.39, 0.29) is 11.6 Å². The lowest BCUT2D eigenvalue weighted by Crippen LogP contribution is -2.12. The van der Waals surface area contributed by atoms with Crippen LogP contribution >= 0.6 is 11.3 Å². The number of rotatable bonds is 3. The molecule has 1 heterocycles. The van der Waals surface area contributed by atoms with E-state index in [4.69, 9.17) is 0 Å². The second kappa shape index (κ2) is 6.59. The number of nitrogens with zero attached hydrogens (tertiary/aromatic N) is 3. The topological polar surface area (TPSA) is 77.5 Å². The molecular formula is C17H13N3O3S. The highest BCUT2D eigenvalue weighted by Gasteiger charge is 2.10. The number of fused-ring (bicyclic) bond motifs is 1. The number of nitro groups is 1. The Balaban J connectivity index is 1.95. The summed E-state index contributed by atoms with van der Waals surface area (Å²) in [6.45, 7) is 0. The number of carbonyl (C=O) groups is 1. The fourth-order valence-corrected chi connectivity index (χ4v) is 3.20. The molecule has 120 valence electrons. The Kier molecular flexibility index (Phi) is 4.35. The summed E-state index contributed by atoms with van der Waals surface area (Å²) in [6, 6.07) is 14.1. The van der Waals surface area contributed by atoms with Gasteiger partial charge in [-0.3, -0.25) is 14.9 Å². The highest BCUT2D eigenvalue weighted by Crippen LogP contribution is 2.22. The van der Waals surface area contributed by atoms with E-state index in [1.54, 1.807) is 23.8 Å². The number of hydrogen-bond acceptors (Lipinski definition) is 4. The number of aromatic nitrogens is 1. The maximum Gasteiger partial charge on any atom is 0.272 e. The highest BCUT2D eigenvalue weighted by atomic mass is 32.1. The molecule has 0 bridgehead atoms. The van der Waals surface area contributed by atoms with Crippen molar-refractivity contribution in [2.75, 3.05) is 0 Å². The number of nitro benzene ring substituents is 1. The molecule has 0 fully saturated rings. The number of amides is 1. The van der Waals surface area contributed by atoms with Crippen molar-refractivity contribution in [3.05, 3.63) is 75.1 Å². The van der Waals surface area contributed by atoms with Crippen LogP contribution in [-0.4, -0.2) is 15.4 Å². The molecule has 3 aromatic rings. The second-order valence-electron chi connectivity index (χ2n) is 5.05. The molecule has 0 aliphatic heterocycles. The van der Waals surface area contributed by atoms with Gasteiger partial charge in [0.05, 0.1) is 15.1 Å². The van der Waals surface area contributed by atoms with Crippen molar-refractivity contribution < 1.29 is 9.72 Å². The molecule has 0 unspecified atom stereocenters. The molecule has 6 nitrogen and oxygen atoms in total. The van der Waals surface area contributed by atoms with E-state index in [2.05, 4.69) is 4.99 Å². The van der Waals surface area contributed by atoms with Crippen molar-refractivity contribution in [3.8, 4) is 0 Å². The standard InChI is InChI=1S/C17H13N3O3S/c1-19-14-11-13(20(22)23)8-9-15(14)24-17(19)18-16(21)10-7-12-5-3-2-4-6-12/h2-11H,1H3/b10-7+,18-17?. The van der Waals surface area contributed by atoms with Crippen LogP contribution in [0.5, 0.6) is 0 Å². The number of hydrogen-bond donors (Lipinski definition) is 0. The van der Waals surface area contributed by atoms with E-state index in [0.29, 0.717) is 10.3 Å². The first-order valence-electron chi connectivity index (χ1n) is 7.10. The Morgan fingerprint density at radius 3 is 2.71 bits per heavy atom. The van der Waals surface area contributed by atoms with Crippen LogP contribution in [0.3, 0.4) is 0 Å². The van der Waals surface area contributed by atoms with Gasteiger partial charge in [-0.05, 0) is 17.7 Å². The van der Waals surface area contributed by atoms with Gasteiger partial charge in [-0.15, -0.1) is 0 Å². The molecule has 0 radical (unpaired) electrons. The van der Waals surface area contributed by atoms with Crippen LogP contribution in [0.2, 0.25) is 0 Å². The van der Waals surface area contributed by atoms with Crippen molar-refractivity contribution in [2.45, 2.75) is 0 Å². The average molecular weight is 339 g/mol. The Bertz CT molecular complexity index is 1020. The van der Waals surface area contributed by atoms with Crippen molar-refractivity contribution in [1.82, 2.24) is 4.57 Å². The molecule has 0 saturated carbocycles. The van der Waals surface area contributed by atoms with E-state index in [9.17, 15) is 14.9 Å². The van der Waals surface area contributed by atoms with Crippen LogP contribution in [0.4, 0.5) is 5.69 Å². The largest absolute Gasteiger partial charge is 0.319 e. The molecule has 0 aliphatic rings. The molecule has 0 N–H and O–H groups in total. The Labute approximate surface area is 141 Å². The van der Waals surface area contributed by atoms with Gasteiger partial charge in [0.2, 0.25) is 0 Å². The van der Waals surface area contributed by atoms with Gasteiger partial charge < -0.3 is 4.57 Å². The fourth-order valence-electron chi connectivity index (χ4n) is 2.20. The zero-order chi connectivity index (χ0) is 17.1. The van der Waals surface area contributed by atoms with Gasteiger partial charge >= 0.3 is 0 Å². The minimum absolute atomic E-state index is 0.0118. The molecular weight excluding hydrogens is 326 g/mol. The Morgan fingerprint density at radius 1 is 1.25 bits per heavy atom. The summed E-state index contributed by atoms with van der Waals surface area (Å²) in [4.78, 5) is 27.0. The van der Waals surface area contributed by atoms with Crippen LogP contribution in [0.1, 0.15) is 5.56 Å². The monoisotopic (exact) mass is 339 g/mol. The van der Waals surface area contributed by atoms with E-state index in [0.717, 1.165) is 10.3 Å². The van der Waals surface area contributed by atoms with Gasteiger partial charge in [0.1, 0.15) is 0 Å². The highest BCUT2D eigenvalue weighted by molar-refractivity contribution is 7.16. The molecule has 0 saturated heterocycles. The normalized spacial score (nSPS) is 12.1. The molecule has 0 atom stereocenters. The van der Waals surface area contributed by atoms with Crippen molar-refractivity contribution in [1.29, 1.82) is 0 Å². The Hall–Kier alpha value is -3.06. The lowest BCUT2D eigenvalue weighted by Gasteiger charge is -1.95. The first-order valence-corrected chi connectivity index (χ1v) is 7.92. The number of benzene rings is 2. The molecule has 3 rings (SSSR count). The minimum atomic E-state index is -0.443. The molecule has 1 amide bonds. The van der Waals surface area contributed by atoms with Crippen molar-refractivity contribution in [2.24, 2.45) is 12.0 Å². The molecule has 7 heteroatoms. The van der Waals surface area contributed by atoms with E-state index >= 15 is 0 Å². The van der Waals surface area contributed by atoms with Crippen LogP contribution in [-0.2, 0) is 11.8 Å². The maximum atomic E-state index is 12.0. The van der Waals surface area contributed by atoms with Gasteiger partial charge in [-0.2, -0.15) is 4.99 Å². The third kappa shape index (κ3) is 3.31. The summed E-state index contributed by atoms with van der Waals surface area (Å²) in [6.07, 6.45) is 3.10. The third-order valence-corrected chi connectivity index (χ3v) is 4.54. The third-order valence-electron chi connectivity index (χ3n) is 3.43. The Morgan fingerprint density at radius 2 is 2.00 bits per heavy atom. The van der Waals surface area contributed by atoms with Gasteiger partial charge in [-0.25, -0.2) is 0 Å². The molecule has 24 heavy (non-hydrogen) atoms. The maximum absolute atomic E-state index is 12.0. The van der Waals surface area contributed by atoms with Crippen LogP contribution in [0.15, 0.2) is 59.6 Å². The minimum Gasteiger partial charge on any atom is -0.319 e. The van der Waals surface area contributed by atoms with Crippen molar-refractivity contribution >= 4 is 39.2 Å². The summed E-state index contributed by atoms with van der Waals surface area (Å²) in [5, 5.41) is 10.9. The smallest absolute Gasteiger partial charge is 0.272 e. The van der Waals surface area contributed by atoms with E-state index in [1.807, 2.05) is 30.3 Å². The van der Waals surface area contributed by atoms with Crippen LogP contribution in [0.25, 0.3) is 16.3 Å². The zero-order valence-electron chi connectivity index (χ0n) is 12.7. The van der Waals surface area contributed by atoms with E-state index in [1.165, 1.54) is 29.5 Å². The lowest BCUT2D eigenvalue weighted by molar-refractivity contribution is -0.384. The zero-order valence-corrected chi connectivity index (χ0v) is 13.6. The molecule has 0 aliphatic carbocycles. The van der Waals surface area contributed by atoms with Gasteiger partial charge in [-0.1, -0.05) is 41.7 Å². The fraction of sp³-hybridized carbons (Fsp3) is 0.0588.